The zero-order chi connectivity index (χ0) is 13.3. The van der Waals surface area contributed by atoms with E-state index in [1.165, 1.54) is 12.8 Å². The van der Waals surface area contributed by atoms with E-state index < -0.39 is 0 Å². The Labute approximate surface area is 116 Å². The van der Waals surface area contributed by atoms with Gasteiger partial charge in [-0.2, -0.15) is 17.0 Å². The fraction of sp³-hybridized carbons (Fsp3) is 0.929. The maximum Gasteiger partial charge on any atom is 0.106 e. The molecule has 1 rings (SSSR count). The highest BCUT2D eigenvalue weighted by molar-refractivity contribution is 7.99. The van der Waals surface area contributed by atoms with E-state index in [1.807, 2.05) is 11.8 Å². The Kier molecular flexibility index (Phi) is 7.73. The predicted molar refractivity (Wildman–Crippen MR) is 77.8 cm³/mol. The molecule has 3 nitrogen and oxygen atoms in total. The van der Waals surface area contributed by atoms with E-state index in [0.717, 1.165) is 43.9 Å². The van der Waals surface area contributed by atoms with Crippen LogP contribution in [0.1, 0.15) is 46.0 Å². The second-order valence-electron chi connectivity index (χ2n) is 4.89. The molecule has 18 heavy (non-hydrogen) atoms. The Balaban J connectivity index is 2.12. The summed E-state index contributed by atoms with van der Waals surface area (Å²) in [6.07, 6.45) is 5.86. The lowest BCUT2D eigenvalue weighted by molar-refractivity contribution is 0.129. The second kappa shape index (κ2) is 8.79. The van der Waals surface area contributed by atoms with Crippen LogP contribution in [0.4, 0.5) is 0 Å². The van der Waals surface area contributed by atoms with Gasteiger partial charge < -0.3 is 4.74 Å². The minimum absolute atomic E-state index is 0.306. The molecule has 0 saturated carbocycles. The molecule has 1 saturated heterocycles. The molecule has 0 aliphatic carbocycles. The molecule has 1 aliphatic heterocycles. The topological polar surface area (TPSA) is 45.0 Å². The van der Waals surface area contributed by atoms with Gasteiger partial charge in [-0.3, -0.25) is 5.32 Å². The summed E-state index contributed by atoms with van der Waals surface area (Å²) in [5, 5.41) is 12.6. The number of nitrogens with one attached hydrogen (secondary N) is 1. The fourth-order valence-corrected chi connectivity index (χ4v) is 3.41. The molecule has 1 fully saturated rings. The Morgan fingerprint density at radius 2 is 2.33 bits per heavy atom. The number of nitrogens with zero attached hydrogens (tertiary/aromatic N) is 1. The molecular weight excluding hydrogens is 244 g/mol. The SMILES string of the molecule is CCNC(C#N)(CC)CCCSCC1CCCO1. The lowest BCUT2D eigenvalue weighted by Gasteiger charge is -2.26. The van der Waals surface area contributed by atoms with Gasteiger partial charge in [-0.25, -0.2) is 0 Å². The van der Waals surface area contributed by atoms with Crippen LogP contribution in [0, 0.1) is 11.3 Å². The molecule has 1 aliphatic rings. The molecule has 4 heteroatoms. The van der Waals surface area contributed by atoms with Gasteiger partial charge in [0.05, 0.1) is 12.2 Å². The summed E-state index contributed by atoms with van der Waals surface area (Å²) in [4.78, 5) is 0. The number of ether oxygens (including phenoxy) is 1. The Morgan fingerprint density at radius 1 is 1.50 bits per heavy atom. The highest BCUT2D eigenvalue weighted by atomic mass is 32.2. The van der Waals surface area contributed by atoms with Crippen LogP contribution in [0.15, 0.2) is 0 Å². The third kappa shape index (κ3) is 5.17. The lowest BCUT2D eigenvalue weighted by atomic mass is 9.92. The molecule has 0 aromatic heterocycles. The first-order valence-electron chi connectivity index (χ1n) is 7.12. The van der Waals surface area contributed by atoms with Gasteiger partial charge >= 0.3 is 0 Å². The van der Waals surface area contributed by atoms with E-state index in [9.17, 15) is 5.26 Å². The van der Waals surface area contributed by atoms with Crippen molar-refractivity contribution in [2.45, 2.75) is 57.6 Å². The summed E-state index contributed by atoms with van der Waals surface area (Å²) in [5.41, 5.74) is -0.306. The zero-order valence-corrected chi connectivity index (χ0v) is 12.5. The van der Waals surface area contributed by atoms with Gasteiger partial charge in [-0.05, 0) is 44.4 Å². The summed E-state index contributed by atoms with van der Waals surface area (Å²) < 4.78 is 5.60. The van der Waals surface area contributed by atoms with Crippen LogP contribution in [0.5, 0.6) is 0 Å². The molecule has 2 unspecified atom stereocenters. The molecule has 1 N–H and O–H groups in total. The van der Waals surface area contributed by atoms with Crippen LogP contribution in [0.25, 0.3) is 0 Å². The number of thioether (sulfide) groups is 1. The Morgan fingerprint density at radius 3 is 2.89 bits per heavy atom. The maximum atomic E-state index is 9.30. The molecule has 1 heterocycles. The van der Waals surface area contributed by atoms with Crippen LogP contribution in [0.2, 0.25) is 0 Å². The van der Waals surface area contributed by atoms with Gasteiger partial charge in [0.2, 0.25) is 0 Å². The molecule has 0 bridgehead atoms. The van der Waals surface area contributed by atoms with Crippen molar-refractivity contribution in [2.24, 2.45) is 0 Å². The highest BCUT2D eigenvalue weighted by Gasteiger charge is 2.25. The molecule has 0 amide bonds. The van der Waals surface area contributed by atoms with Crippen LogP contribution < -0.4 is 5.32 Å². The van der Waals surface area contributed by atoms with Crippen molar-refractivity contribution in [3.05, 3.63) is 0 Å². The monoisotopic (exact) mass is 270 g/mol. The number of hydrogen-bond donors (Lipinski definition) is 1. The third-order valence-electron chi connectivity index (χ3n) is 3.55. The molecule has 0 radical (unpaired) electrons. The van der Waals surface area contributed by atoms with E-state index >= 15 is 0 Å². The summed E-state index contributed by atoms with van der Waals surface area (Å²) in [6.45, 7) is 5.96. The number of nitriles is 1. The molecule has 104 valence electrons. The Bertz CT molecular complexity index is 261. The minimum Gasteiger partial charge on any atom is -0.377 e. The number of rotatable bonds is 9. The van der Waals surface area contributed by atoms with Crippen LogP contribution in [0.3, 0.4) is 0 Å². The molecule has 0 spiro atoms. The van der Waals surface area contributed by atoms with Crippen molar-refractivity contribution in [3.63, 3.8) is 0 Å². The van der Waals surface area contributed by atoms with Gasteiger partial charge in [-0.15, -0.1) is 0 Å². The van der Waals surface area contributed by atoms with Crippen molar-refractivity contribution >= 4 is 11.8 Å². The average molecular weight is 270 g/mol. The molecule has 0 aromatic carbocycles. The second-order valence-corrected chi connectivity index (χ2v) is 6.04. The van der Waals surface area contributed by atoms with Crippen molar-refractivity contribution in [1.82, 2.24) is 5.32 Å². The number of hydrogen-bond acceptors (Lipinski definition) is 4. The normalized spacial score (nSPS) is 22.6. The van der Waals surface area contributed by atoms with E-state index in [0.29, 0.717) is 6.10 Å². The van der Waals surface area contributed by atoms with E-state index in [1.54, 1.807) is 0 Å². The quantitative estimate of drug-likeness (QED) is 0.654. The first-order valence-corrected chi connectivity index (χ1v) is 8.27. The molecular formula is C14H26N2OS. The van der Waals surface area contributed by atoms with Crippen molar-refractivity contribution in [1.29, 1.82) is 5.26 Å². The lowest BCUT2D eigenvalue weighted by Crippen LogP contribution is -2.43. The van der Waals surface area contributed by atoms with Crippen molar-refractivity contribution in [3.8, 4) is 6.07 Å². The summed E-state index contributed by atoms with van der Waals surface area (Å²) in [7, 11) is 0. The summed E-state index contributed by atoms with van der Waals surface area (Å²) >= 11 is 1.97. The first-order chi connectivity index (χ1) is 8.76. The van der Waals surface area contributed by atoms with Gasteiger partial charge in [0, 0.05) is 12.4 Å². The minimum atomic E-state index is -0.306. The first kappa shape index (κ1) is 15.8. The molecule has 0 aromatic rings. The largest absolute Gasteiger partial charge is 0.377 e. The summed E-state index contributed by atoms with van der Waals surface area (Å²) in [6, 6.07) is 2.45. The Hall–Kier alpha value is -0.240. The summed E-state index contributed by atoms with van der Waals surface area (Å²) in [5.74, 6) is 2.25. The van der Waals surface area contributed by atoms with E-state index in [4.69, 9.17) is 4.74 Å². The van der Waals surface area contributed by atoms with Crippen LogP contribution in [-0.4, -0.2) is 36.3 Å². The average Bonchev–Trinajstić information content (AvgIpc) is 2.90. The van der Waals surface area contributed by atoms with Crippen molar-refractivity contribution < 1.29 is 4.74 Å². The van der Waals surface area contributed by atoms with Gasteiger partial charge in [0.15, 0.2) is 0 Å². The maximum absolute atomic E-state index is 9.30. The van der Waals surface area contributed by atoms with Gasteiger partial charge in [0.1, 0.15) is 5.54 Å². The fourth-order valence-electron chi connectivity index (χ4n) is 2.37. The van der Waals surface area contributed by atoms with Gasteiger partial charge in [0.25, 0.3) is 0 Å². The third-order valence-corrected chi connectivity index (χ3v) is 4.74. The zero-order valence-electron chi connectivity index (χ0n) is 11.7. The predicted octanol–water partition coefficient (Wildman–Crippen LogP) is 2.96. The van der Waals surface area contributed by atoms with Gasteiger partial charge in [-0.1, -0.05) is 13.8 Å². The van der Waals surface area contributed by atoms with Crippen LogP contribution >= 0.6 is 11.8 Å². The van der Waals surface area contributed by atoms with E-state index in [-0.39, 0.29) is 5.54 Å². The molecule has 2 atom stereocenters. The highest BCUT2D eigenvalue weighted by Crippen LogP contribution is 2.21. The van der Waals surface area contributed by atoms with Crippen molar-refractivity contribution in [2.75, 3.05) is 24.7 Å². The van der Waals surface area contributed by atoms with E-state index in [2.05, 4.69) is 25.2 Å². The smallest absolute Gasteiger partial charge is 0.106 e. The van der Waals surface area contributed by atoms with Crippen LogP contribution in [-0.2, 0) is 4.74 Å². The standard InChI is InChI=1S/C14H26N2OS/c1-3-14(12-15,16-4-2)8-6-10-18-11-13-7-5-9-17-13/h13,16H,3-11H2,1-2H3.